The number of aromatic nitrogens is 1. The van der Waals surface area contributed by atoms with Gasteiger partial charge in [-0.25, -0.2) is 4.98 Å². The zero-order chi connectivity index (χ0) is 13.1. The van der Waals surface area contributed by atoms with E-state index in [1.54, 1.807) is 18.2 Å². The van der Waals surface area contributed by atoms with Crippen LogP contribution >= 0.6 is 15.9 Å². The van der Waals surface area contributed by atoms with Gasteiger partial charge in [0.2, 0.25) is 0 Å². The van der Waals surface area contributed by atoms with Crippen LogP contribution < -0.4 is 5.32 Å². The molecule has 0 unspecified atom stereocenters. The van der Waals surface area contributed by atoms with Gasteiger partial charge < -0.3 is 9.73 Å². The number of carbonyl (C=O) groups excluding carboxylic acids is 1. The molecule has 4 nitrogen and oxygen atoms in total. The van der Waals surface area contributed by atoms with Crippen LogP contribution in [-0.2, 0) is 6.42 Å². The van der Waals surface area contributed by atoms with Gasteiger partial charge in [0.05, 0.1) is 5.69 Å². The van der Waals surface area contributed by atoms with Crippen LogP contribution in [0, 0.1) is 6.92 Å². The van der Waals surface area contributed by atoms with E-state index in [1.807, 2.05) is 19.9 Å². The highest BCUT2D eigenvalue weighted by Gasteiger charge is 2.11. The van der Waals surface area contributed by atoms with E-state index < -0.39 is 0 Å². The number of amides is 1. The maximum Gasteiger partial charge on any atom is 0.292 e. The molecule has 2 rings (SSSR count). The summed E-state index contributed by atoms with van der Waals surface area (Å²) >= 11 is 3.36. The maximum absolute atomic E-state index is 11.9. The summed E-state index contributed by atoms with van der Waals surface area (Å²) in [6, 6.07) is 7.05. The van der Waals surface area contributed by atoms with E-state index in [0.29, 0.717) is 11.6 Å². The first-order chi connectivity index (χ1) is 8.60. The lowest BCUT2D eigenvalue weighted by atomic mass is 10.3. The van der Waals surface area contributed by atoms with Gasteiger partial charge in [0, 0.05) is 10.9 Å². The Bertz CT molecular complexity index is 578. The van der Waals surface area contributed by atoms with Crippen LogP contribution in [0.1, 0.15) is 28.9 Å². The number of rotatable bonds is 3. The van der Waals surface area contributed by atoms with Gasteiger partial charge >= 0.3 is 0 Å². The van der Waals surface area contributed by atoms with Crippen molar-refractivity contribution < 1.29 is 9.21 Å². The zero-order valence-corrected chi connectivity index (χ0v) is 11.7. The number of hydrogen-bond acceptors (Lipinski definition) is 3. The molecule has 0 aliphatic rings. The Hall–Kier alpha value is -1.62. The summed E-state index contributed by atoms with van der Waals surface area (Å²) in [7, 11) is 0. The minimum absolute atomic E-state index is 0.288. The van der Waals surface area contributed by atoms with Crippen molar-refractivity contribution in [2.24, 2.45) is 0 Å². The molecule has 0 aromatic carbocycles. The molecule has 5 heteroatoms. The van der Waals surface area contributed by atoms with Crippen molar-refractivity contribution in [3.63, 3.8) is 0 Å². The zero-order valence-electron chi connectivity index (χ0n) is 10.2. The Morgan fingerprint density at radius 2 is 2.17 bits per heavy atom. The minimum Gasteiger partial charge on any atom is -0.456 e. The number of nitrogens with one attached hydrogen (secondary N) is 1. The van der Waals surface area contributed by atoms with Gasteiger partial charge in [0.15, 0.2) is 5.76 Å². The first-order valence-corrected chi connectivity index (χ1v) is 6.42. The summed E-state index contributed by atoms with van der Waals surface area (Å²) in [4.78, 5) is 16.1. The lowest BCUT2D eigenvalue weighted by Crippen LogP contribution is -2.12. The minimum atomic E-state index is -0.288. The fourth-order valence-corrected chi connectivity index (χ4v) is 1.70. The van der Waals surface area contributed by atoms with Crippen LogP contribution in [0.4, 0.5) is 5.82 Å². The first-order valence-electron chi connectivity index (χ1n) is 5.63. The van der Waals surface area contributed by atoms with Gasteiger partial charge in [-0.05, 0) is 47.1 Å². The summed E-state index contributed by atoms with van der Waals surface area (Å²) in [5, 5.41) is 2.70. The molecule has 0 radical (unpaired) electrons. The lowest BCUT2D eigenvalue weighted by Gasteiger charge is -2.04. The second-order valence-electron chi connectivity index (χ2n) is 3.84. The third kappa shape index (κ3) is 2.79. The molecule has 2 aromatic heterocycles. The van der Waals surface area contributed by atoms with Crippen LogP contribution in [-0.4, -0.2) is 10.9 Å². The number of pyridine rings is 1. The number of carbonyl (C=O) groups is 1. The van der Waals surface area contributed by atoms with Crippen molar-refractivity contribution in [1.29, 1.82) is 0 Å². The average Bonchev–Trinajstić information content (AvgIpc) is 2.82. The predicted octanol–water partition coefficient (Wildman–Crippen LogP) is 3.56. The Labute approximate surface area is 114 Å². The monoisotopic (exact) mass is 308 g/mol. The van der Waals surface area contributed by atoms with Gasteiger partial charge in [-0.1, -0.05) is 6.92 Å². The van der Waals surface area contributed by atoms with Crippen molar-refractivity contribution in [3.05, 3.63) is 46.0 Å². The molecular formula is C13H13BrN2O2. The van der Waals surface area contributed by atoms with E-state index in [2.05, 4.69) is 26.2 Å². The fraction of sp³-hybridized carbons (Fsp3) is 0.231. The van der Waals surface area contributed by atoms with Gasteiger partial charge in [-0.2, -0.15) is 0 Å². The smallest absolute Gasteiger partial charge is 0.292 e. The molecule has 0 bridgehead atoms. The van der Waals surface area contributed by atoms with Gasteiger partial charge in [-0.15, -0.1) is 0 Å². The Kier molecular flexibility index (Phi) is 3.81. The molecule has 2 heterocycles. The predicted molar refractivity (Wildman–Crippen MR) is 72.7 cm³/mol. The Morgan fingerprint density at radius 3 is 2.78 bits per heavy atom. The van der Waals surface area contributed by atoms with E-state index in [-0.39, 0.29) is 5.91 Å². The second-order valence-corrected chi connectivity index (χ2v) is 4.69. The summed E-state index contributed by atoms with van der Waals surface area (Å²) < 4.78 is 6.28. The van der Waals surface area contributed by atoms with Gasteiger partial charge in [0.25, 0.3) is 5.91 Å². The Morgan fingerprint density at radius 1 is 1.39 bits per heavy atom. The SMILES string of the molecule is CCc1ccc(C(=O)Nc2ccc(Br)c(C)n2)o1. The van der Waals surface area contributed by atoms with Crippen LogP contribution in [0.2, 0.25) is 0 Å². The third-order valence-electron chi connectivity index (χ3n) is 2.50. The highest BCUT2D eigenvalue weighted by atomic mass is 79.9. The van der Waals surface area contributed by atoms with E-state index in [9.17, 15) is 4.79 Å². The van der Waals surface area contributed by atoms with E-state index >= 15 is 0 Å². The van der Waals surface area contributed by atoms with Crippen LogP contribution in [0.15, 0.2) is 33.2 Å². The molecule has 0 fully saturated rings. The second kappa shape index (κ2) is 5.35. The van der Waals surface area contributed by atoms with Crippen molar-refractivity contribution in [2.45, 2.75) is 20.3 Å². The quantitative estimate of drug-likeness (QED) is 0.943. The molecule has 0 spiro atoms. The molecule has 0 atom stereocenters. The summed E-state index contributed by atoms with van der Waals surface area (Å²) in [5.41, 5.74) is 0.821. The number of halogens is 1. The van der Waals surface area contributed by atoms with E-state index in [0.717, 1.165) is 22.3 Å². The fourth-order valence-electron chi connectivity index (χ4n) is 1.48. The molecular weight excluding hydrogens is 296 g/mol. The molecule has 2 aromatic rings. The summed E-state index contributed by atoms with van der Waals surface area (Å²) in [5.74, 6) is 1.31. The van der Waals surface area contributed by atoms with E-state index in [4.69, 9.17) is 4.42 Å². The number of aryl methyl sites for hydroxylation is 2. The van der Waals surface area contributed by atoms with Crippen molar-refractivity contribution in [3.8, 4) is 0 Å². The molecule has 18 heavy (non-hydrogen) atoms. The third-order valence-corrected chi connectivity index (χ3v) is 3.33. The number of furan rings is 1. The van der Waals surface area contributed by atoms with Crippen LogP contribution in [0.5, 0.6) is 0 Å². The summed E-state index contributed by atoms with van der Waals surface area (Å²) in [6.45, 7) is 3.84. The van der Waals surface area contributed by atoms with Crippen molar-refractivity contribution in [2.75, 3.05) is 5.32 Å². The molecule has 0 saturated carbocycles. The highest BCUT2D eigenvalue weighted by Crippen LogP contribution is 2.17. The molecule has 0 aliphatic heterocycles. The molecule has 0 aliphatic carbocycles. The molecule has 0 saturated heterocycles. The van der Waals surface area contributed by atoms with Crippen LogP contribution in [0.25, 0.3) is 0 Å². The largest absolute Gasteiger partial charge is 0.456 e. The van der Waals surface area contributed by atoms with Crippen molar-refractivity contribution >= 4 is 27.7 Å². The molecule has 94 valence electrons. The normalized spacial score (nSPS) is 10.4. The molecule has 1 N–H and O–H groups in total. The standard InChI is InChI=1S/C13H13BrN2O2/c1-3-9-4-6-11(18-9)13(17)16-12-7-5-10(14)8(2)15-12/h4-7H,3H2,1-2H3,(H,15,16,17). The van der Waals surface area contributed by atoms with Crippen molar-refractivity contribution in [1.82, 2.24) is 4.98 Å². The topological polar surface area (TPSA) is 55.1 Å². The highest BCUT2D eigenvalue weighted by molar-refractivity contribution is 9.10. The molecule has 1 amide bonds. The summed E-state index contributed by atoms with van der Waals surface area (Å²) in [6.07, 6.45) is 0.767. The number of hydrogen-bond donors (Lipinski definition) is 1. The lowest BCUT2D eigenvalue weighted by molar-refractivity contribution is 0.0994. The number of nitrogens with zero attached hydrogens (tertiary/aromatic N) is 1. The van der Waals surface area contributed by atoms with Gasteiger partial charge in [-0.3, -0.25) is 4.79 Å². The van der Waals surface area contributed by atoms with Crippen LogP contribution in [0.3, 0.4) is 0 Å². The average molecular weight is 309 g/mol. The van der Waals surface area contributed by atoms with Gasteiger partial charge in [0.1, 0.15) is 11.6 Å². The first kappa shape index (κ1) is 12.8. The maximum atomic E-state index is 11.9. The Balaban J connectivity index is 2.13. The number of anilines is 1. The van der Waals surface area contributed by atoms with E-state index in [1.165, 1.54) is 0 Å².